The van der Waals surface area contributed by atoms with E-state index in [9.17, 15) is 19.5 Å². The fraction of sp³-hybridized carbons (Fsp3) is 0.355. The van der Waals surface area contributed by atoms with Crippen LogP contribution in [0, 0.1) is 20.8 Å². The zero-order chi connectivity index (χ0) is 29.7. The molecule has 1 unspecified atom stereocenters. The van der Waals surface area contributed by atoms with E-state index in [2.05, 4.69) is 16.9 Å². The summed E-state index contributed by atoms with van der Waals surface area (Å²) in [6, 6.07) is 15.3. The van der Waals surface area contributed by atoms with Crippen molar-refractivity contribution in [3.05, 3.63) is 99.5 Å². The van der Waals surface area contributed by atoms with Crippen LogP contribution in [-0.4, -0.2) is 67.1 Å². The zero-order valence-corrected chi connectivity index (χ0v) is 25.4. The van der Waals surface area contributed by atoms with Crippen molar-refractivity contribution in [2.24, 2.45) is 0 Å². The van der Waals surface area contributed by atoms with Gasteiger partial charge < -0.3 is 20.2 Å². The Bertz CT molecular complexity index is 1410. The zero-order valence-electron chi connectivity index (χ0n) is 23.7. The number of nitrogens with zero attached hydrogens (tertiary/aromatic N) is 3. The lowest BCUT2D eigenvalue weighted by Crippen LogP contribution is -2.56. The Balaban J connectivity index is 1.59. The van der Waals surface area contributed by atoms with Crippen LogP contribution in [0.1, 0.15) is 44.0 Å². The van der Waals surface area contributed by atoms with Crippen LogP contribution in [0.4, 0.5) is 0 Å². The molecule has 0 bridgehead atoms. The van der Waals surface area contributed by atoms with Crippen molar-refractivity contribution in [1.82, 2.24) is 20.1 Å². The molecule has 2 aromatic carbocycles. The van der Waals surface area contributed by atoms with Gasteiger partial charge >= 0.3 is 0 Å². The highest BCUT2D eigenvalue weighted by Gasteiger charge is 2.41. The molecular formula is C31H36N4O4S2. The molecule has 2 heterocycles. The fourth-order valence-corrected chi connectivity index (χ4v) is 6.72. The number of hydrogen-bond donors (Lipinski definition) is 2. The van der Waals surface area contributed by atoms with Crippen LogP contribution in [-0.2, 0) is 22.6 Å². The average molecular weight is 593 g/mol. The maximum absolute atomic E-state index is 13.9. The Morgan fingerprint density at radius 3 is 2.46 bits per heavy atom. The standard InChI is InChI=1S/C31H36N4O4S2/c1-6-26-30(38)34(17-24-15-11-10-12-19(24)2)22(5)40-18-35(26)31(39)27(36)25(16-23-13-8-7-9-14-23)33-29(37)28-20(3)32-21(4)41-28/h6-15,22,25-27,36H,1,16-18H2,2-5H3,(H,33,37)/t22?,25-,26-,27-/m0/s1. The fourth-order valence-electron chi connectivity index (χ4n) is 4.87. The van der Waals surface area contributed by atoms with Gasteiger partial charge in [-0.2, -0.15) is 0 Å². The number of thioether (sulfide) groups is 1. The number of benzene rings is 2. The third kappa shape index (κ3) is 7.06. The van der Waals surface area contributed by atoms with Gasteiger partial charge in [-0.15, -0.1) is 29.7 Å². The Kier molecular flexibility index (Phi) is 10.0. The molecule has 3 amide bonds. The third-order valence-corrected chi connectivity index (χ3v) is 9.47. The summed E-state index contributed by atoms with van der Waals surface area (Å²) in [6.45, 7) is 11.8. The Morgan fingerprint density at radius 1 is 1.15 bits per heavy atom. The van der Waals surface area contributed by atoms with Gasteiger partial charge in [-0.05, 0) is 50.8 Å². The van der Waals surface area contributed by atoms with Crippen LogP contribution in [0.15, 0.2) is 67.3 Å². The molecule has 10 heteroatoms. The molecule has 0 aliphatic carbocycles. The van der Waals surface area contributed by atoms with Gasteiger partial charge in [-0.3, -0.25) is 14.4 Å². The first-order valence-corrected chi connectivity index (χ1v) is 15.3. The van der Waals surface area contributed by atoms with Gasteiger partial charge in [-0.1, -0.05) is 60.7 Å². The minimum atomic E-state index is -1.59. The van der Waals surface area contributed by atoms with Crippen LogP contribution >= 0.6 is 23.1 Å². The predicted molar refractivity (Wildman–Crippen MR) is 163 cm³/mol. The van der Waals surface area contributed by atoms with E-state index < -0.39 is 30.0 Å². The predicted octanol–water partition coefficient (Wildman–Crippen LogP) is 4.23. The minimum Gasteiger partial charge on any atom is -0.381 e. The third-order valence-electron chi connectivity index (χ3n) is 7.23. The number of aryl methyl sites for hydroxylation is 3. The van der Waals surface area contributed by atoms with Crippen LogP contribution in [0.3, 0.4) is 0 Å². The molecule has 216 valence electrons. The van der Waals surface area contributed by atoms with Crippen LogP contribution in [0.2, 0.25) is 0 Å². The van der Waals surface area contributed by atoms with E-state index in [0.717, 1.165) is 21.7 Å². The van der Waals surface area contributed by atoms with E-state index in [1.54, 1.807) is 11.8 Å². The summed E-state index contributed by atoms with van der Waals surface area (Å²) in [6.07, 6.45) is 0.0762. The largest absolute Gasteiger partial charge is 0.381 e. The molecule has 4 atom stereocenters. The van der Waals surface area contributed by atoms with Crippen LogP contribution in [0.25, 0.3) is 0 Å². The molecule has 4 rings (SSSR count). The molecule has 0 saturated carbocycles. The molecule has 3 aromatic rings. The van der Waals surface area contributed by atoms with Gasteiger partial charge in [0.05, 0.1) is 28.0 Å². The number of aliphatic hydroxyl groups is 1. The summed E-state index contributed by atoms with van der Waals surface area (Å²) >= 11 is 2.70. The van der Waals surface area contributed by atoms with Crippen molar-refractivity contribution in [3.63, 3.8) is 0 Å². The SMILES string of the molecule is C=C[C@H]1C(=O)N(Cc2ccccc2C)C(C)SCN1C(=O)[C@@H](O)[C@H](Cc1ccccc1)NC(=O)c1sc(C)nc1C. The Labute approximate surface area is 249 Å². The van der Waals surface area contributed by atoms with Crippen molar-refractivity contribution in [2.45, 2.75) is 64.2 Å². The van der Waals surface area contributed by atoms with Gasteiger partial charge in [-0.25, -0.2) is 4.98 Å². The number of carbonyl (C=O) groups is 3. The summed E-state index contributed by atoms with van der Waals surface area (Å²) in [7, 11) is 0. The number of hydrogen-bond acceptors (Lipinski definition) is 7. The number of aliphatic hydroxyl groups excluding tert-OH is 1. The van der Waals surface area contributed by atoms with Gasteiger partial charge in [0.1, 0.15) is 10.9 Å². The summed E-state index contributed by atoms with van der Waals surface area (Å²) in [5, 5.41) is 14.9. The van der Waals surface area contributed by atoms with E-state index in [4.69, 9.17) is 0 Å². The van der Waals surface area contributed by atoms with E-state index in [0.29, 0.717) is 17.1 Å². The quantitative estimate of drug-likeness (QED) is 0.361. The molecule has 2 N–H and O–H groups in total. The van der Waals surface area contributed by atoms with E-state index >= 15 is 0 Å². The van der Waals surface area contributed by atoms with E-state index in [1.165, 1.54) is 34.1 Å². The first-order chi connectivity index (χ1) is 19.6. The maximum Gasteiger partial charge on any atom is 0.263 e. The first-order valence-electron chi connectivity index (χ1n) is 13.5. The minimum absolute atomic E-state index is 0.183. The molecular weight excluding hydrogens is 556 g/mol. The summed E-state index contributed by atoms with van der Waals surface area (Å²) < 4.78 is 0. The first kappa shape index (κ1) is 30.5. The molecule has 1 aromatic heterocycles. The lowest BCUT2D eigenvalue weighted by atomic mass is 9.99. The van der Waals surface area contributed by atoms with Crippen molar-refractivity contribution in [3.8, 4) is 0 Å². The molecule has 1 aliphatic heterocycles. The highest BCUT2D eigenvalue weighted by atomic mass is 32.2. The van der Waals surface area contributed by atoms with Crippen molar-refractivity contribution >= 4 is 40.8 Å². The van der Waals surface area contributed by atoms with Crippen molar-refractivity contribution in [1.29, 1.82) is 0 Å². The summed E-state index contributed by atoms with van der Waals surface area (Å²) in [5.74, 6) is -1.12. The van der Waals surface area contributed by atoms with Gasteiger partial charge in [0, 0.05) is 6.54 Å². The van der Waals surface area contributed by atoms with Crippen molar-refractivity contribution in [2.75, 3.05) is 5.88 Å². The second kappa shape index (κ2) is 13.5. The number of aromatic nitrogens is 1. The summed E-state index contributed by atoms with van der Waals surface area (Å²) in [5.41, 5.74) is 3.54. The molecule has 8 nitrogen and oxygen atoms in total. The Morgan fingerprint density at radius 2 is 1.83 bits per heavy atom. The van der Waals surface area contributed by atoms with Gasteiger partial charge in [0.2, 0.25) is 0 Å². The summed E-state index contributed by atoms with van der Waals surface area (Å²) in [4.78, 5) is 48.8. The topological polar surface area (TPSA) is 103 Å². The highest BCUT2D eigenvalue weighted by Crippen LogP contribution is 2.28. The van der Waals surface area contributed by atoms with Crippen LogP contribution < -0.4 is 5.32 Å². The molecule has 1 fully saturated rings. The van der Waals surface area contributed by atoms with E-state index in [1.807, 2.05) is 75.4 Å². The number of amides is 3. The Hall–Kier alpha value is -3.47. The van der Waals surface area contributed by atoms with Gasteiger partial charge in [0.15, 0.2) is 6.10 Å². The monoisotopic (exact) mass is 592 g/mol. The second-order valence-electron chi connectivity index (χ2n) is 10.1. The smallest absolute Gasteiger partial charge is 0.263 e. The average Bonchev–Trinajstić information content (AvgIpc) is 3.25. The molecule has 1 aliphatic rings. The molecule has 0 radical (unpaired) electrons. The number of nitrogens with one attached hydrogen (secondary N) is 1. The highest BCUT2D eigenvalue weighted by molar-refractivity contribution is 7.99. The lowest BCUT2D eigenvalue weighted by molar-refractivity contribution is -0.148. The number of carbonyl (C=O) groups excluding carboxylic acids is 3. The number of rotatable bonds is 9. The van der Waals surface area contributed by atoms with Crippen molar-refractivity contribution < 1.29 is 19.5 Å². The second-order valence-corrected chi connectivity index (χ2v) is 12.6. The van der Waals surface area contributed by atoms with E-state index in [-0.39, 0.29) is 23.6 Å². The number of thiazole rings is 1. The van der Waals surface area contributed by atoms with Crippen LogP contribution in [0.5, 0.6) is 0 Å². The molecule has 0 spiro atoms. The molecule has 1 saturated heterocycles. The molecule has 41 heavy (non-hydrogen) atoms. The lowest BCUT2D eigenvalue weighted by Gasteiger charge is -2.32. The normalized spacial score (nSPS) is 18.9. The van der Waals surface area contributed by atoms with Gasteiger partial charge in [0.25, 0.3) is 17.7 Å². The maximum atomic E-state index is 13.9.